The highest BCUT2D eigenvalue weighted by Crippen LogP contribution is 2.58. The first-order chi connectivity index (χ1) is 6.06. The fourth-order valence-corrected chi connectivity index (χ4v) is 3.31. The Kier molecular flexibility index (Phi) is 2.18. The molecule has 2 rings (SSSR count). The van der Waals surface area contributed by atoms with Crippen LogP contribution >= 0.6 is 0 Å². The molecule has 0 radical (unpaired) electrons. The Morgan fingerprint density at radius 1 is 1.00 bits per heavy atom. The first kappa shape index (κ1) is 9.51. The van der Waals surface area contributed by atoms with Crippen LogP contribution in [0.25, 0.3) is 0 Å². The van der Waals surface area contributed by atoms with Crippen LogP contribution in [0.15, 0.2) is 0 Å². The molecule has 1 heteroatoms. The van der Waals surface area contributed by atoms with Crippen LogP contribution in [0, 0.1) is 11.3 Å². The molecule has 0 amide bonds. The predicted octanol–water partition coefficient (Wildman–Crippen LogP) is 3.12. The molecule has 1 spiro atoms. The van der Waals surface area contributed by atoms with Gasteiger partial charge >= 0.3 is 0 Å². The second-order valence-corrected chi connectivity index (χ2v) is 5.67. The van der Waals surface area contributed by atoms with Gasteiger partial charge in [-0.05, 0) is 37.0 Å². The van der Waals surface area contributed by atoms with Gasteiger partial charge in [-0.15, -0.1) is 0 Å². The molecule has 0 aromatic carbocycles. The largest absolute Gasteiger partial charge is 0.390 e. The van der Waals surface area contributed by atoms with E-state index in [9.17, 15) is 5.11 Å². The average Bonchev–Trinajstić information content (AvgIpc) is 2.03. The van der Waals surface area contributed by atoms with E-state index in [1.807, 2.05) is 0 Å². The molecular formula is C12H22O. The molecule has 2 fully saturated rings. The Morgan fingerprint density at radius 3 is 2.00 bits per heavy atom. The summed E-state index contributed by atoms with van der Waals surface area (Å²) in [5.74, 6) is 0.444. The van der Waals surface area contributed by atoms with Crippen LogP contribution < -0.4 is 0 Å². The first-order valence-electron chi connectivity index (χ1n) is 5.79. The molecule has 2 aliphatic carbocycles. The van der Waals surface area contributed by atoms with E-state index < -0.39 is 0 Å². The fraction of sp³-hybridized carbons (Fsp3) is 1.00. The maximum Gasteiger partial charge on any atom is 0.0681 e. The van der Waals surface area contributed by atoms with Crippen LogP contribution in [0.4, 0.5) is 0 Å². The Bertz CT molecular complexity index is 181. The lowest BCUT2D eigenvalue weighted by atomic mass is 9.51. The molecule has 0 aliphatic heterocycles. The third kappa shape index (κ3) is 1.52. The van der Waals surface area contributed by atoms with Gasteiger partial charge in [0, 0.05) is 0 Å². The highest BCUT2D eigenvalue weighted by atomic mass is 16.3. The summed E-state index contributed by atoms with van der Waals surface area (Å²) >= 11 is 0. The molecule has 0 atom stereocenters. The number of hydrogen-bond donors (Lipinski definition) is 1. The first-order valence-corrected chi connectivity index (χ1v) is 5.79. The Morgan fingerprint density at radius 2 is 1.54 bits per heavy atom. The maximum absolute atomic E-state index is 10.2. The van der Waals surface area contributed by atoms with Gasteiger partial charge in [0.05, 0.1) is 5.60 Å². The standard InChI is InChI=1S/C12H22O/c1-10(2)12(13)8-11(9-12)6-4-3-5-7-11/h10,13H,3-9H2,1-2H3. The number of rotatable bonds is 1. The molecule has 76 valence electrons. The quantitative estimate of drug-likeness (QED) is 0.660. The normalized spacial score (nSPS) is 30.5. The minimum atomic E-state index is -0.308. The Labute approximate surface area is 81.5 Å². The lowest BCUT2D eigenvalue weighted by Crippen LogP contribution is -2.55. The predicted molar refractivity (Wildman–Crippen MR) is 54.5 cm³/mol. The molecule has 0 aromatic rings. The highest BCUT2D eigenvalue weighted by Gasteiger charge is 2.54. The maximum atomic E-state index is 10.2. The van der Waals surface area contributed by atoms with Crippen molar-refractivity contribution in [1.29, 1.82) is 0 Å². The summed E-state index contributed by atoms with van der Waals surface area (Å²) < 4.78 is 0. The van der Waals surface area contributed by atoms with Crippen LogP contribution in [0.3, 0.4) is 0 Å². The molecule has 0 unspecified atom stereocenters. The molecule has 2 saturated carbocycles. The lowest BCUT2D eigenvalue weighted by Gasteiger charge is -2.57. The minimum Gasteiger partial charge on any atom is -0.390 e. The van der Waals surface area contributed by atoms with Crippen LogP contribution in [0.5, 0.6) is 0 Å². The molecule has 0 saturated heterocycles. The summed E-state index contributed by atoms with van der Waals surface area (Å²) in [5, 5.41) is 10.2. The summed E-state index contributed by atoms with van der Waals surface area (Å²) in [7, 11) is 0. The highest BCUT2D eigenvalue weighted by molar-refractivity contribution is 5.06. The van der Waals surface area contributed by atoms with Gasteiger partial charge in [0.2, 0.25) is 0 Å². The monoisotopic (exact) mass is 182 g/mol. The van der Waals surface area contributed by atoms with E-state index in [0.29, 0.717) is 11.3 Å². The SMILES string of the molecule is CC(C)C1(O)CC2(CCCCC2)C1. The van der Waals surface area contributed by atoms with Gasteiger partial charge in [0.1, 0.15) is 0 Å². The van der Waals surface area contributed by atoms with Crippen LogP contribution in [-0.4, -0.2) is 10.7 Å². The van der Waals surface area contributed by atoms with E-state index in [1.165, 1.54) is 32.1 Å². The van der Waals surface area contributed by atoms with Gasteiger partial charge in [-0.2, -0.15) is 0 Å². The summed E-state index contributed by atoms with van der Waals surface area (Å²) in [4.78, 5) is 0. The zero-order valence-electron chi connectivity index (χ0n) is 8.97. The molecular weight excluding hydrogens is 160 g/mol. The number of aliphatic hydroxyl groups is 1. The molecule has 2 aliphatic rings. The van der Waals surface area contributed by atoms with Crippen LogP contribution in [0.2, 0.25) is 0 Å². The third-order valence-corrected chi connectivity index (χ3v) is 4.35. The summed E-state index contributed by atoms with van der Waals surface area (Å²) in [5.41, 5.74) is 0.259. The van der Waals surface area contributed by atoms with E-state index >= 15 is 0 Å². The Balaban J connectivity index is 1.94. The Hall–Kier alpha value is -0.0400. The van der Waals surface area contributed by atoms with Crippen molar-refractivity contribution in [3.8, 4) is 0 Å². The molecule has 0 heterocycles. The summed E-state index contributed by atoms with van der Waals surface area (Å²) in [6.45, 7) is 4.30. The molecule has 0 bridgehead atoms. The second kappa shape index (κ2) is 2.98. The molecule has 0 aromatic heterocycles. The zero-order valence-corrected chi connectivity index (χ0v) is 8.97. The molecule has 13 heavy (non-hydrogen) atoms. The second-order valence-electron chi connectivity index (χ2n) is 5.67. The van der Waals surface area contributed by atoms with Crippen molar-refractivity contribution in [2.24, 2.45) is 11.3 Å². The molecule has 1 nitrogen and oxygen atoms in total. The minimum absolute atomic E-state index is 0.308. The van der Waals surface area contributed by atoms with Crippen molar-refractivity contribution in [2.75, 3.05) is 0 Å². The van der Waals surface area contributed by atoms with Crippen molar-refractivity contribution in [2.45, 2.75) is 64.4 Å². The van der Waals surface area contributed by atoms with E-state index in [2.05, 4.69) is 13.8 Å². The van der Waals surface area contributed by atoms with Gasteiger partial charge in [0.25, 0.3) is 0 Å². The van der Waals surface area contributed by atoms with Crippen molar-refractivity contribution in [3.05, 3.63) is 0 Å². The van der Waals surface area contributed by atoms with E-state index in [0.717, 1.165) is 12.8 Å². The van der Waals surface area contributed by atoms with Gasteiger partial charge in [-0.1, -0.05) is 33.1 Å². The van der Waals surface area contributed by atoms with Crippen molar-refractivity contribution >= 4 is 0 Å². The van der Waals surface area contributed by atoms with Gasteiger partial charge < -0.3 is 5.11 Å². The average molecular weight is 182 g/mol. The van der Waals surface area contributed by atoms with Gasteiger partial charge in [-0.3, -0.25) is 0 Å². The summed E-state index contributed by atoms with van der Waals surface area (Å²) in [6.07, 6.45) is 9.13. The van der Waals surface area contributed by atoms with E-state index in [-0.39, 0.29) is 5.60 Å². The van der Waals surface area contributed by atoms with Gasteiger partial charge in [-0.25, -0.2) is 0 Å². The third-order valence-electron chi connectivity index (χ3n) is 4.35. The molecule has 1 N–H and O–H groups in total. The topological polar surface area (TPSA) is 20.2 Å². The van der Waals surface area contributed by atoms with Gasteiger partial charge in [0.15, 0.2) is 0 Å². The zero-order chi connectivity index (χ0) is 9.53. The lowest BCUT2D eigenvalue weighted by molar-refractivity contribution is -0.168. The van der Waals surface area contributed by atoms with Crippen LogP contribution in [0.1, 0.15) is 58.8 Å². The van der Waals surface area contributed by atoms with Crippen LogP contribution in [-0.2, 0) is 0 Å². The number of hydrogen-bond acceptors (Lipinski definition) is 1. The van der Waals surface area contributed by atoms with Crippen molar-refractivity contribution < 1.29 is 5.11 Å². The van der Waals surface area contributed by atoms with Crippen molar-refractivity contribution in [3.63, 3.8) is 0 Å². The summed E-state index contributed by atoms with van der Waals surface area (Å²) in [6, 6.07) is 0. The van der Waals surface area contributed by atoms with E-state index in [4.69, 9.17) is 0 Å². The van der Waals surface area contributed by atoms with Crippen molar-refractivity contribution in [1.82, 2.24) is 0 Å². The fourth-order valence-electron chi connectivity index (χ4n) is 3.31. The van der Waals surface area contributed by atoms with E-state index in [1.54, 1.807) is 0 Å². The smallest absolute Gasteiger partial charge is 0.0681 e.